The lowest BCUT2D eigenvalue weighted by Crippen LogP contribution is -2.31. The highest BCUT2D eigenvalue weighted by Gasteiger charge is 2.22. The summed E-state index contributed by atoms with van der Waals surface area (Å²) in [5.41, 5.74) is 6.03. The Morgan fingerprint density at radius 2 is 1.91 bits per heavy atom. The van der Waals surface area contributed by atoms with Crippen LogP contribution in [0.1, 0.15) is 34.1 Å². The summed E-state index contributed by atoms with van der Waals surface area (Å²) >= 11 is 2.00. The van der Waals surface area contributed by atoms with Crippen molar-refractivity contribution in [2.24, 2.45) is 11.1 Å². The van der Waals surface area contributed by atoms with E-state index in [1.54, 1.807) is 0 Å². The summed E-state index contributed by atoms with van der Waals surface area (Å²) in [7, 11) is 0. The third kappa shape index (κ3) is 4.70. The zero-order valence-electron chi connectivity index (χ0n) is 8.18. The van der Waals surface area contributed by atoms with Crippen molar-refractivity contribution in [3.8, 4) is 0 Å². The number of hydrogen-bond donors (Lipinski definition) is 1. The Morgan fingerprint density at radius 3 is 2.18 bits per heavy atom. The molecule has 1 unspecified atom stereocenters. The molecule has 0 aliphatic rings. The molecule has 0 aliphatic carbocycles. The fourth-order valence-corrected chi connectivity index (χ4v) is 2.09. The number of hydrogen-bond acceptors (Lipinski definition) is 2. The van der Waals surface area contributed by atoms with E-state index in [0.29, 0.717) is 10.7 Å². The maximum absolute atomic E-state index is 5.68. The van der Waals surface area contributed by atoms with E-state index in [-0.39, 0.29) is 0 Å². The van der Waals surface area contributed by atoms with Crippen LogP contribution in [0.3, 0.4) is 0 Å². The van der Waals surface area contributed by atoms with Gasteiger partial charge in [-0.1, -0.05) is 27.7 Å². The van der Waals surface area contributed by atoms with Gasteiger partial charge in [-0.15, -0.1) is 0 Å². The van der Waals surface area contributed by atoms with Crippen molar-refractivity contribution in [2.75, 3.05) is 12.3 Å². The lowest BCUT2D eigenvalue weighted by atomic mass is 9.92. The Labute approximate surface area is 75.1 Å². The van der Waals surface area contributed by atoms with Gasteiger partial charge in [0, 0.05) is 11.8 Å². The predicted molar refractivity (Wildman–Crippen MR) is 55.0 cm³/mol. The molecular weight excluding hydrogens is 154 g/mol. The molecule has 0 radical (unpaired) electrons. The molecule has 2 heteroatoms. The van der Waals surface area contributed by atoms with Gasteiger partial charge in [-0.3, -0.25) is 0 Å². The first-order valence-electron chi connectivity index (χ1n) is 4.34. The molecule has 1 atom stereocenters. The van der Waals surface area contributed by atoms with Crippen LogP contribution in [0.4, 0.5) is 0 Å². The fourth-order valence-electron chi connectivity index (χ4n) is 0.932. The van der Waals surface area contributed by atoms with E-state index in [9.17, 15) is 0 Å². The first-order chi connectivity index (χ1) is 5.02. The van der Waals surface area contributed by atoms with Crippen molar-refractivity contribution in [3.63, 3.8) is 0 Å². The zero-order chi connectivity index (χ0) is 8.91. The van der Waals surface area contributed by atoms with Gasteiger partial charge in [0.15, 0.2) is 0 Å². The molecule has 0 heterocycles. The summed E-state index contributed by atoms with van der Waals surface area (Å²) < 4.78 is 0. The third-order valence-electron chi connectivity index (χ3n) is 1.70. The van der Waals surface area contributed by atoms with Crippen molar-refractivity contribution >= 4 is 11.8 Å². The molecule has 0 bridgehead atoms. The van der Waals surface area contributed by atoms with Crippen molar-refractivity contribution < 1.29 is 0 Å². The van der Waals surface area contributed by atoms with Crippen LogP contribution in [0.2, 0.25) is 0 Å². The Kier molecular flexibility index (Phi) is 5.19. The lowest BCUT2D eigenvalue weighted by molar-refractivity contribution is 0.398. The van der Waals surface area contributed by atoms with Crippen molar-refractivity contribution in [1.82, 2.24) is 0 Å². The Hall–Kier alpha value is 0.310. The minimum absolute atomic E-state index is 0.356. The smallest absolute Gasteiger partial charge is 0.0218 e. The Bertz CT molecular complexity index is 96.2. The standard InChI is InChI=1S/C9H21NS/c1-5-6-11-8(7-10)9(2,3)4/h8H,5-7,10H2,1-4H3. The third-order valence-corrected chi connectivity index (χ3v) is 3.65. The zero-order valence-corrected chi connectivity index (χ0v) is 9.00. The van der Waals surface area contributed by atoms with Crippen molar-refractivity contribution in [2.45, 2.75) is 39.4 Å². The van der Waals surface area contributed by atoms with Crippen LogP contribution < -0.4 is 5.73 Å². The second-order valence-corrected chi connectivity index (χ2v) is 5.27. The number of rotatable bonds is 4. The molecule has 11 heavy (non-hydrogen) atoms. The van der Waals surface area contributed by atoms with Gasteiger partial charge in [0.25, 0.3) is 0 Å². The average molecular weight is 175 g/mol. The summed E-state index contributed by atoms with van der Waals surface area (Å²) in [5.74, 6) is 1.24. The van der Waals surface area contributed by atoms with Gasteiger partial charge in [-0.25, -0.2) is 0 Å². The SMILES string of the molecule is CCCSC(CN)C(C)(C)C. The molecule has 0 rings (SSSR count). The Balaban J connectivity index is 3.76. The average Bonchev–Trinajstić information content (AvgIpc) is 1.87. The van der Waals surface area contributed by atoms with Gasteiger partial charge in [0.2, 0.25) is 0 Å². The Morgan fingerprint density at radius 1 is 1.36 bits per heavy atom. The van der Waals surface area contributed by atoms with Gasteiger partial charge >= 0.3 is 0 Å². The number of thioether (sulfide) groups is 1. The number of nitrogens with two attached hydrogens (primary N) is 1. The minimum atomic E-state index is 0.356. The molecule has 0 saturated carbocycles. The van der Waals surface area contributed by atoms with Crippen LogP contribution in [-0.2, 0) is 0 Å². The highest BCUT2D eigenvalue weighted by Crippen LogP contribution is 2.29. The topological polar surface area (TPSA) is 26.0 Å². The van der Waals surface area contributed by atoms with Crippen LogP contribution in [-0.4, -0.2) is 17.5 Å². The van der Waals surface area contributed by atoms with Crippen LogP contribution in [0.25, 0.3) is 0 Å². The van der Waals surface area contributed by atoms with Crippen LogP contribution in [0, 0.1) is 5.41 Å². The molecule has 0 aromatic carbocycles. The van der Waals surface area contributed by atoms with E-state index in [1.807, 2.05) is 11.8 Å². The summed E-state index contributed by atoms with van der Waals surface area (Å²) in [5, 5.41) is 0.613. The molecule has 68 valence electrons. The second-order valence-electron chi connectivity index (χ2n) is 3.96. The van der Waals surface area contributed by atoms with Gasteiger partial charge in [0.05, 0.1) is 0 Å². The van der Waals surface area contributed by atoms with Crippen LogP contribution in [0.5, 0.6) is 0 Å². The molecular formula is C9H21NS. The summed E-state index contributed by atoms with van der Waals surface area (Å²) in [6, 6.07) is 0. The van der Waals surface area contributed by atoms with Gasteiger partial charge in [0.1, 0.15) is 0 Å². The van der Waals surface area contributed by atoms with E-state index in [0.717, 1.165) is 6.54 Å². The highest BCUT2D eigenvalue weighted by molar-refractivity contribution is 7.99. The van der Waals surface area contributed by atoms with Gasteiger partial charge in [-0.2, -0.15) is 11.8 Å². The normalized spacial score (nSPS) is 15.0. The molecule has 0 aliphatic heterocycles. The van der Waals surface area contributed by atoms with Crippen molar-refractivity contribution in [3.05, 3.63) is 0 Å². The van der Waals surface area contributed by atoms with Crippen molar-refractivity contribution in [1.29, 1.82) is 0 Å². The van der Waals surface area contributed by atoms with E-state index in [1.165, 1.54) is 12.2 Å². The van der Waals surface area contributed by atoms with Crippen LogP contribution in [0.15, 0.2) is 0 Å². The predicted octanol–water partition coefficient (Wildman–Crippen LogP) is 2.50. The molecule has 2 N–H and O–H groups in total. The van der Waals surface area contributed by atoms with E-state index >= 15 is 0 Å². The lowest BCUT2D eigenvalue weighted by Gasteiger charge is -2.28. The molecule has 0 amide bonds. The fraction of sp³-hybridized carbons (Fsp3) is 1.00. The molecule has 0 fully saturated rings. The molecule has 1 nitrogen and oxygen atoms in total. The van der Waals surface area contributed by atoms with E-state index < -0.39 is 0 Å². The summed E-state index contributed by atoms with van der Waals surface area (Å²) in [6.45, 7) is 9.78. The summed E-state index contributed by atoms with van der Waals surface area (Å²) in [6.07, 6.45) is 1.25. The molecule has 0 aromatic heterocycles. The van der Waals surface area contributed by atoms with Gasteiger partial charge < -0.3 is 5.73 Å². The quantitative estimate of drug-likeness (QED) is 0.710. The largest absolute Gasteiger partial charge is 0.329 e. The second kappa shape index (κ2) is 5.04. The first-order valence-corrected chi connectivity index (χ1v) is 5.39. The van der Waals surface area contributed by atoms with Crippen LogP contribution >= 0.6 is 11.8 Å². The van der Waals surface area contributed by atoms with E-state index in [2.05, 4.69) is 27.7 Å². The minimum Gasteiger partial charge on any atom is -0.329 e. The van der Waals surface area contributed by atoms with E-state index in [4.69, 9.17) is 5.73 Å². The molecule has 0 spiro atoms. The van der Waals surface area contributed by atoms with Gasteiger partial charge in [-0.05, 0) is 17.6 Å². The first kappa shape index (κ1) is 11.3. The monoisotopic (exact) mass is 175 g/mol. The highest BCUT2D eigenvalue weighted by atomic mass is 32.2. The maximum atomic E-state index is 5.68. The molecule has 0 saturated heterocycles. The summed E-state index contributed by atoms with van der Waals surface area (Å²) in [4.78, 5) is 0. The maximum Gasteiger partial charge on any atom is 0.0218 e. The molecule has 0 aromatic rings.